The van der Waals surface area contributed by atoms with E-state index < -0.39 is 12.1 Å². The Morgan fingerprint density at radius 1 is 0.886 bits per heavy atom. The van der Waals surface area contributed by atoms with Gasteiger partial charge in [0.15, 0.2) is 5.78 Å². The van der Waals surface area contributed by atoms with Crippen LogP contribution in [0.1, 0.15) is 37.0 Å². The molecule has 5 nitrogen and oxygen atoms in total. The van der Waals surface area contributed by atoms with E-state index in [2.05, 4.69) is 16.3 Å². The Morgan fingerprint density at radius 2 is 1.40 bits per heavy atom. The van der Waals surface area contributed by atoms with E-state index in [0.717, 1.165) is 16.7 Å². The zero-order valence-corrected chi connectivity index (χ0v) is 20.2. The quantitative estimate of drug-likeness (QED) is 0.251. The van der Waals surface area contributed by atoms with Gasteiger partial charge in [0, 0.05) is 17.5 Å². The van der Waals surface area contributed by atoms with Crippen LogP contribution < -0.4 is 5.32 Å². The average molecular weight is 466 g/mol. The minimum absolute atomic E-state index is 0.0202. The first-order chi connectivity index (χ1) is 17.0. The molecule has 0 aliphatic carbocycles. The number of nitrogens with one attached hydrogen (secondary N) is 1. The number of terminal acetylenes is 1. The van der Waals surface area contributed by atoms with Crippen LogP contribution in [-0.4, -0.2) is 35.1 Å². The molecule has 178 valence electrons. The van der Waals surface area contributed by atoms with Gasteiger partial charge in [-0.05, 0) is 17.9 Å². The molecular formula is C30H31N3O2. The summed E-state index contributed by atoms with van der Waals surface area (Å²) in [7, 11) is 0. The van der Waals surface area contributed by atoms with E-state index in [4.69, 9.17) is 6.42 Å². The summed E-state index contributed by atoms with van der Waals surface area (Å²) >= 11 is 0. The van der Waals surface area contributed by atoms with Gasteiger partial charge in [0.2, 0.25) is 0 Å². The Bertz CT molecular complexity index is 1120. The summed E-state index contributed by atoms with van der Waals surface area (Å²) in [5.74, 6) is 2.68. The zero-order valence-electron chi connectivity index (χ0n) is 20.2. The molecule has 1 N–H and O–H groups in total. The van der Waals surface area contributed by atoms with Crippen LogP contribution >= 0.6 is 0 Å². The zero-order chi connectivity index (χ0) is 25.0. The van der Waals surface area contributed by atoms with Gasteiger partial charge >= 0.3 is 6.03 Å². The van der Waals surface area contributed by atoms with Crippen LogP contribution in [0.4, 0.5) is 4.79 Å². The number of rotatable bonds is 10. The van der Waals surface area contributed by atoms with Crippen molar-refractivity contribution >= 4 is 17.5 Å². The normalized spacial score (nSPS) is 11.3. The monoisotopic (exact) mass is 465 g/mol. The SMILES string of the molecule is C#CCN(N=C(c1ccccc1)c1ccccc1)C(=O)N[C@H](Cc1ccccc1)C(=O)CC(C)C. The number of hydrogen-bond acceptors (Lipinski definition) is 3. The lowest BCUT2D eigenvalue weighted by Gasteiger charge is -2.23. The van der Waals surface area contributed by atoms with Crippen LogP contribution in [0, 0.1) is 18.3 Å². The molecule has 3 rings (SSSR count). The Balaban J connectivity index is 1.92. The number of carbonyl (C=O) groups excluding carboxylic acids is 2. The van der Waals surface area contributed by atoms with Gasteiger partial charge in [-0.2, -0.15) is 5.10 Å². The van der Waals surface area contributed by atoms with Crippen LogP contribution in [0.15, 0.2) is 96.1 Å². The van der Waals surface area contributed by atoms with E-state index in [9.17, 15) is 9.59 Å². The minimum Gasteiger partial charge on any atom is -0.326 e. The molecule has 0 bridgehead atoms. The van der Waals surface area contributed by atoms with Gasteiger partial charge in [-0.15, -0.1) is 6.42 Å². The van der Waals surface area contributed by atoms with Crippen LogP contribution in [-0.2, 0) is 11.2 Å². The van der Waals surface area contributed by atoms with Crippen molar-refractivity contribution in [2.75, 3.05) is 6.54 Å². The first kappa shape index (κ1) is 25.5. The van der Waals surface area contributed by atoms with Crippen LogP contribution in [0.5, 0.6) is 0 Å². The lowest BCUT2D eigenvalue weighted by molar-refractivity contribution is -0.121. The molecule has 0 radical (unpaired) electrons. The number of Topliss-reactive ketones (excluding diaryl/α,β-unsaturated/α-hetero) is 1. The van der Waals surface area contributed by atoms with Gasteiger partial charge in [0.05, 0.1) is 11.8 Å². The molecule has 35 heavy (non-hydrogen) atoms. The Kier molecular flexibility index (Phi) is 9.39. The second-order valence-electron chi connectivity index (χ2n) is 8.70. The summed E-state index contributed by atoms with van der Waals surface area (Å²) in [6, 6.07) is 27.7. The van der Waals surface area contributed by atoms with Crippen molar-refractivity contribution in [3.63, 3.8) is 0 Å². The Hall–Kier alpha value is -4.17. The third-order valence-corrected chi connectivity index (χ3v) is 5.37. The number of hydrogen-bond donors (Lipinski definition) is 1. The van der Waals surface area contributed by atoms with Crippen molar-refractivity contribution in [3.8, 4) is 12.3 Å². The van der Waals surface area contributed by atoms with Crippen molar-refractivity contribution < 1.29 is 9.59 Å². The summed E-state index contributed by atoms with van der Waals surface area (Å²) in [5.41, 5.74) is 3.29. The number of benzene rings is 3. The molecule has 0 saturated carbocycles. The van der Waals surface area contributed by atoms with E-state index in [1.807, 2.05) is 105 Å². The third-order valence-electron chi connectivity index (χ3n) is 5.37. The maximum atomic E-state index is 13.4. The van der Waals surface area contributed by atoms with E-state index >= 15 is 0 Å². The first-order valence-electron chi connectivity index (χ1n) is 11.8. The summed E-state index contributed by atoms with van der Waals surface area (Å²) < 4.78 is 0. The van der Waals surface area contributed by atoms with Gasteiger partial charge in [-0.1, -0.05) is 111 Å². The largest absolute Gasteiger partial charge is 0.339 e. The number of amides is 2. The first-order valence-corrected chi connectivity index (χ1v) is 11.8. The predicted octanol–water partition coefficient (Wildman–Crippen LogP) is 5.31. The maximum Gasteiger partial charge on any atom is 0.339 e. The molecule has 1 atom stereocenters. The highest BCUT2D eigenvalue weighted by molar-refractivity contribution is 6.13. The highest BCUT2D eigenvalue weighted by Crippen LogP contribution is 2.14. The standard InChI is InChI=1S/C30H31N3O2/c1-4-20-33(32-29(25-16-10-6-11-17-25)26-18-12-7-13-19-26)30(35)31-27(28(34)21-23(2)3)22-24-14-8-5-9-15-24/h1,5-19,23,27H,20-22H2,2-3H3,(H,31,35)/t27-/m1/s1. The van der Waals surface area contributed by atoms with Gasteiger partial charge in [-0.3, -0.25) is 4.79 Å². The molecular weight excluding hydrogens is 434 g/mol. The van der Waals surface area contributed by atoms with Crippen molar-refractivity contribution in [2.45, 2.75) is 32.7 Å². The molecule has 0 spiro atoms. The number of hydrazone groups is 1. The van der Waals surface area contributed by atoms with Crippen molar-refractivity contribution in [2.24, 2.45) is 11.0 Å². The smallest absolute Gasteiger partial charge is 0.326 e. The summed E-state index contributed by atoms with van der Waals surface area (Å²) in [4.78, 5) is 26.4. The van der Waals surface area contributed by atoms with Crippen LogP contribution in [0.25, 0.3) is 0 Å². The molecule has 0 saturated heterocycles. The fourth-order valence-corrected chi connectivity index (χ4v) is 3.70. The van der Waals surface area contributed by atoms with Crippen molar-refractivity contribution in [1.29, 1.82) is 0 Å². The number of urea groups is 1. The second kappa shape index (κ2) is 12.9. The number of nitrogens with zero attached hydrogens (tertiary/aromatic N) is 2. The van der Waals surface area contributed by atoms with Gasteiger partial charge < -0.3 is 5.32 Å². The molecule has 0 aliphatic rings. The second-order valence-corrected chi connectivity index (χ2v) is 8.70. The minimum atomic E-state index is -0.681. The Labute approximate surface area is 207 Å². The van der Waals surface area contributed by atoms with E-state index in [0.29, 0.717) is 18.6 Å². The third kappa shape index (κ3) is 7.68. The van der Waals surface area contributed by atoms with Gasteiger partial charge in [-0.25, -0.2) is 9.80 Å². The molecule has 0 aliphatic heterocycles. The molecule has 0 unspecified atom stereocenters. The number of carbonyl (C=O) groups is 2. The van der Waals surface area contributed by atoms with Crippen LogP contribution in [0.2, 0.25) is 0 Å². The van der Waals surface area contributed by atoms with Crippen LogP contribution in [0.3, 0.4) is 0 Å². The molecule has 5 heteroatoms. The Morgan fingerprint density at radius 3 is 1.89 bits per heavy atom. The highest BCUT2D eigenvalue weighted by atomic mass is 16.2. The van der Waals surface area contributed by atoms with E-state index in [1.165, 1.54) is 5.01 Å². The fourth-order valence-electron chi connectivity index (χ4n) is 3.70. The maximum absolute atomic E-state index is 13.4. The molecule has 3 aromatic carbocycles. The molecule has 3 aromatic rings. The molecule has 0 aromatic heterocycles. The van der Waals surface area contributed by atoms with E-state index in [1.54, 1.807) is 0 Å². The number of ketones is 1. The van der Waals surface area contributed by atoms with Gasteiger partial charge in [0.25, 0.3) is 0 Å². The van der Waals surface area contributed by atoms with Crippen molar-refractivity contribution in [1.82, 2.24) is 10.3 Å². The lowest BCUT2D eigenvalue weighted by atomic mass is 9.96. The fraction of sp³-hybridized carbons (Fsp3) is 0.233. The average Bonchev–Trinajstić information content (AvgIpc) is 2.87. The van der Waals surface area contributed by atoms with Gasteiger partial charge in [0.1, 0.15) is 6.54 Å². The summed E-state index contributed by atoms with van der Waals surface area (Å²) in [6.07, 6.45) is 6.36. The lowest BCUT2D eigenvalue weighted by Crippen LogP contribution is -2.48. The predicted molar refractivity (Wildman–Crippen MR) is 141 cm³/mol. The molecule has 2 amide bonds. The van der Waals surface area contributed by atoms with E-state index in [-0.39, 0.29) is 18.2 Å². The molecule has 0 heterocycles. The topological polar surface area (TPSA) is 61.8 Å². The van der Waals surface area contributed by atoms with Crippen molar-refractivity contribution in [3.05, 3.63) is 108 Å². The summed E-state index contributed by atoms with van der Waals surface area (Å²) in [6.45, 7) is 3.94. The highest BCUT2D eigenvalue weighted by Gasteiger charge is 2.25. The summed E-state index contributed by atoms with van der Waals surface area (Å²) in [5, 5.41) is 8.79. The molecule has 0 fully saturated rings.